The van der Waals surface area contributed by atoms with E-state index in [0.717, 1.165) is 5.56 Å². The van der Waals surface area contributed by atoms with Crippen molar-refractivity contribution >= 4 is 5.78 Å². The molecule has 0 unspecified atom stereocenters. The molecule has 2 rings (SSSR count). The first-order chi connectivity index (χ1) is 8.54. The fraction of sp³-hybridized carbons (Fsp3) is 0.267. The van der Waals surface area contributed by atoms with Gasteiger partial charge in [-0.1, -0.05) is 42.0 Å². The Morgan fingerprint density at radius 2 is 1.78 bits per heavy atom. The number of hydrogen-bond donors (Lipinski definition) is 1. The van der Waals surface area contributed by atoms with Crippen LogP contribution in [0.25, 0.3) is 0 Å². The number of benzene rings is 1. The molecule has 1 aromatic carbocycles. The number of ketones is 1. The van der Waals surface area contributed by atoms with E-state index >= 15 is 0 Å². The Balaban J connectivity index is 2.15. The van der Waals surface area contributed by atoms with E-state index in [9.17, 15) is 9.90 Å². The first-order valence-electron chi connectivity index (χ1n) is 5.81. The van der Waals surface area contributed by atoms with E-state index in [1.54, 1.807) is 12.2 Å². The Bertz CT molecular complexity index is 483. The summed E-state index contributed by atoms with van der Waals surface area (Å²) >= 11 is 0. The highest BCUT2D eigenvalue weighted by molar-refractivity contribution is 6.00. The lowest BCUT2D eigenvalue weighted by atomic mass is 9.92. The lowest BCUT2D eigenvalue weighted by molar-refractivity contribution is -0.107. The van der Waals surface area contributed by atoms with Gasteiger partial charge in [0.25, 0.3) is 0 Å². The number of rotatable bonds is 3. The summed E-state index contributed by atoms with van der Waals surface area (Å²) in [5, 5.41) is 9.78. The molecule has 0 atom stereocenters. The Morgan fingerprint density at radius 3 is 2.28 bits per heavy atom. The number of methoxy groups -OCH3 is 1. The predicted molar refractivity (Wildman–Crippen MR) is 69.2 cm³/mol. The summed E-state index contributed by atoms with van der Waals surface area (Å²) in [6.07, 6.45) is 6.30. The molecule has 0 heterocycles. The third-order valence-electron chi connectivity index (χ3n) is 3.05. The van der Waals surface area contributed by atoms with Crippen molar-refractivity contribution in [2.24, 2.45) is 5.92 Å². The molecule has 0 spiro atoms. The van der Waals surface area contributed by atoms with Gasteiger partial charge in [-0.3, -0.25) is 4.79 Å². The molecule has 1 aromatic rings. The summed E-state index contributed by atoms with van der Waals surface area (Å²) < 4.78 is 4.90. The minimum atomic E-state index is -1.38. The van der Waals surface area contributed by atoms with Crippen LogP contribution in [0.3, 0.4) is 0 Å². The van der Waals surface area contributed by atoms with Crippen molar-refractivity contribution in [3.63, 3.8) is 0 Å². The van der Waals surface area contributed by atoms with E-state index < -0.39 is 5.79 Å². The number of ether oxygens (including phenoxy) is 1. The zero-order valence-electron chi connectivity index (χ0n) is 10.5. The van der Waals surface area contributed by atoms with Crippen LogP contribution in [0.4, 0.5) is 0 Å². The fourth-order valence-electron chi connectivity index (χ4n) is 1.82. The Kier molecular flexibility index (Phi) is 3.45. The zero-order chi connectivity index (χ0) is 13.2. The quantitative estimate of drug-likeness (QED) is 0.504. The Hall–Kier alpha value is -1.71. The van der Waals surface area contributed by atoms with Gasteiger partial charge in [-0.05, 0) is 19.1 Å². The van der Waals surface area contributed by atoms with Gasteiger partial charge in [0.15, 0.2) is 5.78 Å². The molecule has 0 saturated carbocycles. The van der Waals surface area contributed by atoms with Gasteiger partial charge < -0.3 is 9.84 Å². The van der Waals surface area contributed by atoms with Gasteiger partial charge >= 0.3 is 0 Å². The van der Waals surface area contributed by atoms with Gasteiger partial charge in [-0.25, -0.2) is 0 Å². The lowest BCUT2D eigenvalue weighted by Crippen LogP contribution is -2.29. The predicted octanol–water partition coefficient (Wildman–Crippen LogP) is 2.25. The topological polar surface area (TPSA) is 46.5 Å². The summed E-state index contributed by atoms with van der Waals surface area (Å²) in [7, 11) is 1.41. The monoisotopic (exact) mass is 244 g/mol. The summed E-state index contributed by atoms with van der Waals surface area (Å²) in [6, 6.07) is 7.46. The number of carbonyl (C=O) groups is 1. The van der Waals surface area contributed by atoms with E-state index in [4.69, 9.17) is 4.74 Å². The van der Waals surface area contributed by atoms with E-state index in [0.29, 0.717) is 5.56 Å². The molecular weight excluding hydrogens is 228 g/mol. The molecule has 0 amide bonds. The number of Topliss-reactive ketones (excluding diaryl/α,β-unsaturated/α-hetero) is 1. The first kappa shape index (κ1) is 12.7. The lowest BCUT2D eigenvalue weighted by Gasteiger charge is -2.23. The molecule has 0 aromatic heterocycles. The van der Waals surface area contributed by atoms with Crippen LogP contribution in [0.5, 0.6) is 0 Å². The van der Waals surface area contributed by atoms with Gasteiger partial charge in [-0.2, -0.15) is 0 Å². The number of allylic oxidation sites excluding steroid dienone is 2. The second kappa shape index (κ2) is 4.88. The molecule has 3 nitrogen and oxygen atoms in total. The number of aliphatic hydroxyl groups is 1. The highest BCUT2D eigenvalue weighted by atomic mass is 16.6. The van der Waals surface area contributed by atoms with Gasteiger partial charge in [0.05, 0.1) is 5.92 Å². The van der Waals surface area contributed by atoms with Gasteiger partial charge in [0, 0.05) is 12.7 Å². The molecule has 0 fully saturated rings. The second-order valence-corrected chi connectivity index (χ2v) is 4.43. The second-order valence-electron chi connectivity index (χ2n) is 4.43. The molecule has 0 radical (unpaired) electrons. The zero-order valence-corrected chi connectivity index (χ0v) is 10.5. The SMILES string of the molecule is COC1(O)C=CC(C(=O)c2ccc(C)cc2)C=C1. The van der Waals surface area contributed by atoms with Crippen molar-refractivity contribution in [3.8, 4) is 0 Å². The highest BCUT2D eigenvalue weighted by Crippen LogP contribution is 2.22. The molecule has 1 aliphatic carbocycles. The van der Waals surface area contributed by atoms with Crippen molar-refractivity contribution < 1.29 is 14.6 Å². The maximum Gasteiger partial charge on any atom is 0.205 e. The molecule has 0 saturated heterocycles. The Morgan fingerprint density at radius 1 is 1.22 bits per heavy atom. The first-order valence-corrected chi connectivity index (χ1v) is 5.81. The van der Waals surface area contributed by atoms with E-state index in [2.05, 4.69) is 0 Å². The van der Waals surface area contributed by atoms with Crippen LogP contribution in [-0.2, 0) is 4.74 Å². The smallest absolute Gasteiger partial charge is 0.205 e. The van der Waals surface area contributed by atoms with E-state index in [1.165, 1.54) is 19.3 Å². The van der Waals surface area contributed by atoms with Crippen LogP contribution >= 0.6 is 0 Å². The summed E-state index contributed by atoms with van der Waals surface area (Å²) in [6.45, 7) is 1.98. The number of carbonyl (C=O) groups excluding carboxylic acids is 1. The summed E-state index contributed by atoms with van der Waals surface area (Å²) in [5.74, 6) is -1.71. The van der Waals surface area contributed by atoms with Crippen molar-refractivity contribution in [1.82, 2.24) is 0 Å². The normalized spacial score (nSPS) is 26.3. The van der Waals surface area contributed by atoms with Crippen LogP contribution < -0.4 is 0 Å². The number of hydrogen-bond acceptors (Lipinski definition) is 3. The third kappa shape index (κ3) is 2.58. The van der Waals surface area contributed by atoms with E-state index in [1.807, 2.05) is 31.2 Å². The average molecular weight is 244 g/mol. The maximum atomic E-state index is 12.2. The molecule has 3 heteroatoms. The molecular formula is C15H16O3. The summed E-state index contributed by atoms with van der Waals surface area (Å²) in [5.41, 5.74) is 1.79. The molecule has 94 valence electrons. The van der Waals surface area contributed by atoms with Crippen LogP contribution in [0.1, 0.15) is 15.9 Å². The fourth-order valence-corrected chi connectivity index (χ4v) is 1.82. The number of aryl methyl sites for hydroxylation is 1. The van der Waals surface area contributed by atoms with Crippen molar-refractivity contribution in [1.29, 1.82) is 0 Å². The van der Waals surface area contributed by atoms with Gasteiger partial charge in [-0.15, -0.1) is 0 Å². The molecule has 1 aliphatic rings. The van der Waals surface area contributed by atoms with Gasteiger partial charge in [0.2, 0.25) is 5.79 Å². The molecule has 0 aliphatic heterocycles. The third-order valence-corrected chi connectivity index (χ3v) is 3.05. The van der Waals surface area contributed by atoms with Crippen LogP contribution in [0, 0.1) is 12.8 Å². The molecule has 18 heavy (non-hydrogen) atoms. The molecule has 1 N–H and O–H groups in total. The highest BCUT2D eigenvalue weighted by Gasteiger charge is 2.25. The van der Waals surface area contributed by atoms with Crippen LogP contribution in [0.15, 0.2) is 48.6 Å². The minimum absolute atomic E-state index is 0.0145. The van der Waals surface area contributed by atoms with Crippen molar-refractivity contribution in [2.45, 2.75) is 12.7 Å². The van der Waals surface area contributed by atoms with Crippen LogP contribution in [-0.4, -0.2) is 23.8 Å². The van der Waals surface area contributed by atoms with Gasteiger partial charge in [0.1, 0.15) is 0 Å². The van der Waals surface area contributed by atoms with Crippen LogP contribution in [0.2, 0.25) is 0 Å². The molecule has 0 bridgehead atoms. The summed E-state index contributed by atoms with van der Waals surface area (Å²) in [4.78, 5) is 12.2. The average Bonchev–Trinajstić information content (AvgIpc) is 2.40. The maximum absolute atomic E-state index is 12.2. The van der Waals surface area contributed by atoms with Crippen molar-refractivity contribution in [2.75, 3.05) is 7.11 Å². The van der Waals surface area contributed by atoms with Crippen molar-refractivity contribution in [3.05, 3.63) is 59.7 Å². The Labute approximate surface area is 106 Å². The minimum Gasteiger partial charge on any atom is -0.359 e. The van der Waals surface area contributed by atoms with E-state index in [-0.39, 0.29) is 11.7 Å². The standard InChI is InChI=1S/C15H16O3/c1-11-3-5-12(6-4-11)14(16)13-7-9-15(17,18-2)10-8-13/h3-10,13,17H,1-2H3. The largest absolute Gasteiger partial charge is 0.359 e.